The number of carbonyl (C=O) groups excluding carboxylic acids is 1. The van der Waals surface area contributed by atoms with E-state index in [4.69, 9.17) is 27.9 Å². The van der Waals surface area contributed by atoms with Gasteiger partial charge in [-0.2, -0.15) is 0 Å². The van der Waals surface area contributed by atoms with Crippen molar-refractivity contribution in [2.24, 2.45) is 0 Å². The van der Waals surface area contributed by atoms with Crippen molar-refractivity contribution < 1.29 is 18.1 Å². The second kappa shape index (κ2) is 7.50. The molecule has 0 fully saturated rings. The smallest absolute Gasteiger partial charge is 0.198 e. The lowest BCUT2D eigenvalue weighted by molar-refractivity contribution is -0.119. The fourth-order valence-corrected chi connectivity index (χ4v) is 3.57. The molecule has 0 aliphatic carbocycles. The summed E-state index contributed by atoms with van der Waals surface area (Å²) in [6.45, 7) is 1.42. The molecule has 0 aliphatic rings. The first-order valence-corrected chi connectivity index (χ1v) is 7.74. The number of halogens is 3. The normalized spacial score (nSPS) is 14.8. The Morgan fingerprint density at radius 1 is 1.40 bits per heavy atom. The van der Waals surface area contributed by atoms with Crippen molar-refractivity contribution in [3.8, 4) is 0 Å². The van der Waals surface area contributed by atoms with Crippen LogP contribution in [0.25, 0.3) is 0 Å². The van der Waals surface area contributed by atoms with Crippen LogP contribution in [0.1, 0.15) is 19.8 Å². The van der Waals surface area contributed by atoms with Crippen molar-refractivity contribution in [3.05, 3.63) is 30.1 Å². The number of alkyl halides is 2. The van der Waals surface area contributed by atoms with Gasteiger partial charge in [0.2, 0.25) is 0 Å². The monoisotopic (exact) mass is 340 g/mol. The molecular weight excluding hydrogens is 326 g/mol. The van der Waals surface area contributed by atoms with Gasteiger partial charge in [-0.05, 0) is 31.2 Å². The maximum absolute atomic E-state index is 12.8. The number of rotatable bonds is 7. The van der Waals surface area contributed by atoms with E-state index in [0.29, 0.717) is 4.90 Å². The van der Waals surface area contributed by atoms with Gasteiger partial charge in [-0.25, -0.2) is 4.39 Å². The summed E-state index contributed by atoms with van der Waals surface area (Å²) in [7, 11) is -0.337. The van der Waals surface area contributed by atoms with Crippen molar-refractivity contribution in [1.29, 1.82) is 0 Å². The van der Waals surface area contributed by atoms with Gasteiger partial charge < -0.3 is 4.74 Å². The van der Waals surface area contributed by atoms with Crippen LogP contribution in [-0.4, -0.2) is 26.9 Å². The summed E-state index contributed by atoms with van der Waals surface area (Å²) in [5.74, 6) is -0.514. The first kappa shape index (κ1) is 17.6. The molecule has 0 amide bonds. The summed E-state index contributed by atoms with van der Waals surface area (Å²) in [5, 5.41) is 0. The molecule has 0 spiro atoms. The molecule has 0 N–H and O–H groups in total. The second-order valence-corrected chi connectivity index (χ2v) is 7.97. The predicted molar refractivity (Wildman–Crippen MR) is 78.0 cm³/mol. The zero-order chi connectivity index (χ0) is 15.3. The lowest BCUT2D eigenvalue weighted by Gasteiger charge is -2.23. The maximum atomic E-state index is 12.8. The summed E-state index contributed by atoms with van der Waals surface area (Å²) in [6, 6.07) is 5.08. The standard InChI is InChI=1S/C13H15Cl2FO3S/c1-9(17)7-11(19-2)8-13(14,15)20(18)12-5-3-10(16)4-6-12/h3-6,11H,7-8H2,1-2H3. The minimum absolute atomic E-state index is 0.0240. The van der Waals surface area contributed by atoms with E-state index in [1.54, 1.807) is 0 Å². The van der Waals surface area contributed by atoms with Crippen LogP contribution in [0.3, 0.4) is 0 Å². The Bertz CT molecular complexity index is 491. The Morgan fingerprint density at radius 2 is 1.95 bits per heavy atom. The quantitative estimate of drug-likeness (QED) is 0.714. The molecular formula is C13H15Cl2FO3S. The van der Waals surface area contributed by atoms with Gasteiger partial charge in [-0.3, -0.25) is 9.00 Å². The zero-order valence-electron chi connectivity index (χ0n) is 11.1. The Balaban J connectivity index is 2.83. The average Bonchev–Trinajstić information content (AvgIpc) is 2.37. The van der Waals surface area contributed by atoms with E-state index in [1.807, 2.05) is 0 Å². The summed E-state index contributed by atoms with van der Waals surface area (Å²) in [5.41, 5.74) is 0. The van der Waals surface area contributed by atoms with Gasteiger partial charge in [-0.1, -0.05) is 23.2 Å². The van der Waals surface area contributed by atoms with Gasteiger partial charge in [-0.15, -0.1) is 0 Å². The molecule has 2 unspecified atom stereocenters. The van der Waals surface area contributed by atoms with E-state index in [2.05, 4.69) is 0 Å². The summed E-state index contributed by atoms with van der Waals surface area (Å²) >= 11 is 12.2. The molecule has 2 atom stereocenters. The van der Waals surface area contributed by atoms with Crippen molar-refractivity contribution in [2.45, 2.75) is 34.4 Å². The third-order valence-electron chi connectivity index (χ3n) is 2.61. The summed E-state index contributed by atoms with van der Waals surface area (Å²) in [4.78, 5) is 11.4. The summed E-state index contributed by atoms with van der Waals surface area (Å²) in [6.07, 6.45) is -0.360. The largest absolute Gasteiger partial charge is 0.381 e. The van der Waals surface area contributed by atoms with Crippen LogP contribution >= 0.6 is 23.2 Å². The highest BCUT2D eigenvalue weighted by Crippen LogP contribution is 2.36. The molecule has 0 aromatic heterocycles. The number of hydrogen-bond acceptors (Lipinski definition) is 3. The van der Waals surface area contributed by atoms with E-state index in [9.17, 15) is 13.4 Å². The fraction of sp³-hybridized carbons (Fsp3) is 0.462. The molecule has 0 saturated heterocycles. The first-order chi connectivity index (χ1) is 9.26. The lowest BCUT2D eigenvalue weighted by atomic mass is 10.1. The van der Waals surface area contributed by atoms with Crippen molar-refractivity contribution in [2.75, 3.05) is 7.11 Å². The van der Waals surface area contributed by atoms with Gasteiger partial charge in [0.1, 0.15) is 11.6 Å². The van der Waals surface area contributed by atoms with Crippen molar-refractivity contribution in [3.63, 3.8) is 0 Å². The van der Waals surface area contributed by atoms with Crippen LogP contribution < -0.4 is 0 Å². The molecule has 112 valence electrons. The molecule has 0 saturated carbocycles. The molecule has 0 aliphatic heterocycles. The number of ether oxygens (including phenoxy) is 1. The number of ketones is 1. The van der Waals surface area contributed by atoms with E-state index in [1.165, 1.54) is 38.3 Å². The molecule has 7 heteroatoms. The average molecular weight is 341 g/mol. The zero-order valence-corrected chi connectivity index (χ0v) is 13.4. The number of hydrogen-bond donors (Lipinski definition) is 0. The topological polar surface area (TPSA) is 43.4 Å². The van der Waals surface area contributed by atoms with Gasteiger partial charge in [0.25, 0.3) is 0 Å². The van der Waals surface area contributed by atoms with E-state index in [-0.39, 0.29) is 18.6 Å². The third-order valence-corrected chi connectivity index (χ3v) is 5.17. The highest BCUT2D eigenvalue weighted by atomic mass is 35.5. The molecule has 1 aromatic carbocycles. The number of methoxy groups -OCH3 is 1. The minimum Gasteiger partial charge on any atom is -0.381 e. The molecule has 0 heterocycles. The molecule has 20 heavy (non-hydrogen) atoms. The molecule has 0 bridgehead atoms. The van der Waals surface area contributed by atoms with Crippen molar-refractivity contribution >= 4 is 39.8 Å². The number of benzene rings is 1. The lowest BCUT2D eigenvalue weighted by Crippen LogP contribution is -2.29. The van der Waals surface area contributed by atoms with Gasteiger partial charge in [0.05, 0.1) is 16.9 Å². The van der Waals surface area contributed by atoms with Gasteiger partial charge in [0.15, 0.2) is 3.67 Å². The number of carbonyl (C=O) groups is 1. The van der Waals surface area contributed by atoms with Crippen LogP contribution in [0.4, 0.5) is 4.39 Å². The van der Waals surface area contributed by atoms with Gasteiger partial charge in [0, 0.05) is 24.8 Å². The van der Waals surface area contributed by atoms with Gasteiger partial charge >= 0.3 is 0 Å². The second-order valence-electron chi connectivity index (χ2n) is 4.33. The SMILES string of the molecule is COC(CC(C)=O)CC(Cl)(Cl)S(=O)c1ccc(F)cc1. The van der Waals surface area contributed by atoms with Crippen LogP contribution in [0, 0.1) is 5.82 Å². The molecule has 1 rings (SSSR count). The fourth-order valence-electron chi connectivity index (χ4n) is 1.63. The van der Waals surface area contributed by atoms with Crippen LogP contribution in [0.2, 0.25) is 0 Å². The summed E-state index contributed by atoms with van der Waals surface area (Å²) < 4.78 is 28.6. The highest BCUT2D eigenvalue weighted by Gasteiger charge is 2.36. The molecule has 0 radical (unpaired) electrons. The third kappa shape index (κ3) is 5.13. The van der Waals surface area contributed by atoms with E-state index < -0.39 is 26.4 Å². The van der Waals surface area contributed by atoms with E-state index >= 15 is 0 Å². The Kier molecular flexibility index (Phi) is 6.58. The Morgan fingerprint density at radius 3 is 2.40 bits per heavy atom. The highest BCUT2D eigenvalue weighted by molar-refractivity contribution is 7.89. The number of Topliss-reactive ketones (excluding diaryl/α,β-unsaturated/α-hetero) is 1. The first-order valence-electron chi connectivity index (χ1n) is 5.83. The maximum Gasteiger partial charge on any atom is 0.198 e. The molecule has 1 aromatic rings. The van der Waals surface area contributed by atoms with Crippen molar-refractivity contribution in [1.82, 2.24) is 0 Å². The minimum atomic E-state index is -1.77. The Labute approximate surface area is 129 Å². The Hall–Kier alpha value is -0.490. The predicted octanol–water partition coefficient (Wildman–Crippen LogP) is 3.45. The van der Waals surface area contributed by atoms with E-state index in [0.717, 1.165) is 0 Å². The van der Waals surface area contributed by atoms with Crippen LogP contribution in [-0.2, 0) is 20.3 Å². The van der Waals surface area contributed by atoms with Crippen LogP contribution in [0.15, 0.2) is 29.2 Å². The van der Waals surface area contributed by atoms with Crippen LogP contribution in [0.5, 0.6) is 0 Å². The molecule has 3 nitrogen and oxygen atoms in total.